The Kier molecular flexibility index (Phi) is 3.54. The Hall–Kier alpha value is -0.510. The summed E-state index contributed by atoms with van der Waals surface area (Å²) in [5.74, 6) is 4.14. The van der Waals surface area contributed by atoms with Gasteiger partial charge in [-0.15, -0.1) is 0 Å². The Morgan fingerprint density at radius 1 is 0.957 bits per heavy atom. The third kappa shape index (κ3) is 2.65. The van der Waals surface area contributed by atoms with Gasteiger partial charge in [0.15, 0.2) is 5.22 Å². The molecule has 5 fully saturated rings. The Morgan fingerprint density at radius 2 is 1.57 bits per heavy atom. The van der Waals surface area contributed by atoms with Crippen LogP contribution < -0.4 is 0 Å². The van der Waals surface area contributed by atoms with Gasteiger partial charge in [0, 0.05) is 31.7 Å². The normalized spacial score (nSPS) is 40.8. The average Bonchev–Trinajstić information content (AvgIpc) is 2.92. The molecule has 1 aromatic rings. The molecule has 0 unspecified atom stereocenters. The molecule has 2 heterocycles. The van der Waals surface area contributed by atoms with Gasteiger partial charge in [-0.1, -0.05) is 0 Å². The summed E-state index contributed by atoms with van der Waals surface area (Å²) in [7, 11) is 0. The lowest BCUT2D eigenvalue weighted by Gasteiger charge is -2.61. The van der Waals surface area contributed by atoms with E-state index in [0.29, 0.717) is 10.8 Å². The van der Waals surface area contributed by atoms with E-state index in [1.54, 1.807) is 0 Å². The summed E-state index contributed by atoms with van der Waals surface area (Å²) in [4.78, 5) is 5.40. The lowest BCUT2D eigenvalue weighted by atomic mass is 9.52. The second-order valence-electron chi connectivity index (χ2n) is 8.61. The van der Waals surface area contributed by atoms with Gasteiger partial charge >= 0.3 is 0 Å². The second kappa shape index (κ2) is 5.50. The Bertz CT molecular complexity index is 540. The highest BCUT2D eigenvalue weighted by Gasteiger charge is 2.53. The summed E-state index contributed by atoms with van der Waals surface area (Å²) in [5, 5.41) is 0.507. The van der Waals surface area contributed by atoms with Crippen LogP contribution in [-0.4, -0.2) is 41.5 Å². The molecule has 1 aromatic heterocycles. The lowest BCUT2D eigenvalue weighted by Crippen LogP contribution is -2.63. The highest BCUT2D eigenvalue weighted by Crippen LogP contribution is 2.57. The molecule has 0 aromatic carbocycles. The molecular formula is C19H27ClN2O. The quantitative estimate of drug-likeness (QED) is 0.832. The van der Waals surface area contributed by atoms with E-state index in [0.717, 1.165) is 30.1 Å². The van der Waals surface area contributed by atoms with Crippen LogP contribution in [0.4, 0.5) is 0 Å². The van der Waals surface area contributed by atoms with Crippen LogP contribution in [0.3, 0.4) is 0 Å². The van der Waals surface area contributed by atoms with Gasteiger partial charge in [0.1, 0.15) is 5.76 Å². The van der Waals surface area contributed by atoms with Crippen molar-refractivity contribution < 1.29 is 4.42 Å². The maximum atomic E-state index is 5.88. The van der Waals surface area contributed by atoms with Crippen molar-refractivity contribution in [1.82, 2.24) is 9.80 Å². The van der Waals surface area contributed by atoms with E-state index in [-0.39, 0.29) is 0 Å². The zero-order chi connectivity index (χ0) is 15.4. The van der Waals surface area contributed by atoms with Gasteiger partial charge in [-0.05, 0) is 80.0 Å². The summed E-state index contributed by atoms with van der Waals surface area (Å²) < 4.78 is 5.52. The summed E-state index contributed by atoms with van der Waals surface area (Å²) in [6, 6.07) is 3.86. The zero-order valence-corrected chi connectivity index (χ0v) is 14.6. The number of furan rings is 1. The van der Waals surface area contributed by atoms with Crippen molar-refractivity contribution >= 4 is 11.6 Å². The van der Waals surface area contributed by atoms with E-state index in [1.807, 2.05) is 12.1 Å². The molecule has 4 heteroatoms. The molecule has 23 heavy (non-hydrogen) atoms. The van der Waals surface area contributed by atoms with Crippen molar-refractivity contribution in [3.63, 3.8) is 0 Å². The van der Waals surface area contributed by atoms with Crippen LogP contribution in [0.2, 0.25) is 5.22 Å². The molecule has 3 nitrogen and oxygen atoms in total. The largest absolute Gasteiger partial charge is 0.448 e. The molecule has 0 radical (unpaired) electrons. The minimum absolute atomic E-state index is 0.507. The molecule has 0 spiro atoms. The van der Waals surface area contributed by atoms with E-state index in [9.17, 15) is 0 Å². The molecule has 4 saturated carbocycles. The summed E-state index contributed by atoms with van der Waals surface area (Å²) in [6.07, 6.45) is 9.10. The molecule has 0 atom stereocenters. The van der Waals surface area contributed by atoms with Crippen LogP contribution in [0, 0.1) is 17.8 Å². The SMILES string of the molecule is Clc1ccc(CN2CCN(C34CC5CC(CC(C5)C3)C4)CC2)o1. The first-order chi connectivity index (χ1) is 11.2. The zero-order valence-electron chi connectivity index (χ0n) is 13.8. The van der Waals surface area contributed by atoms with Crippen molar-refractivity contribution in [3.8, 4) is 0 Å². The van der Waals surface area contributed by atoms with Crippen LogP contribution in [0.5, 0.6) is 0 Å². The third-order valence-electron chi connectivity index (χ3n) is 7.06. The first-order valence-electron chi connectivity index (χ1n) is 9.40. The van der Waals surface area contributed by atoms with Gasteiger partial charge in [-0.2, -0.15) is 0 Å². The predicted octanol–water partition coefficient (Wildman–Crippen LogP) is 4.02. The molecule has 0 N–H and O–H groups in total. The Balaban J connectivity index is 1.23. The Morgan fingerprint density at radius 3 is 2.09 bits per heavy atom. The highest BCUT2D eigenvalue weighted by molar-refractivity contribution is 6.28. The average molecular weight is 335 g/mol. The van der Waals surface area contributed by atoms with Crippen molar-refractivity contribution in [2.45, 2.75) is 50.6 Å². The summed E-state index contributed by atoms with van der Waals surface area (Å²) in [6.45, 7) is 5.71. The summed E-state index contributed by atoms with van der Waals surface area (Å²) in [5.41, 5.74) is 0.578. The van der Waals surface area contributed by atoms with Crippen LogP contribution >= 0.6 is 11.6 Å². The number of piperazine rings is 1. The minimum atomic E-state index is 0.507. The smallest absolute Gasteiger partial charge is 0.193 e. The topological polar surface area (TPSA) is 19.6 Å². The van der Waals surface area contributed by atoms with Crippen molar-refractivity contribution in [1.29, 1.82) is 0 Å². The fourth-order valence-electron chi connectivity index (χ4n) is 6.49. The molecule has 5 aliphatic rings. The van der Waals surface area contributed by atoms with Crippen LogP contribution in [0.1, 0.15) is 44.3 Å². The molecule has 4 bridgehead atoms. The van der Waals surface area contributed by atoms with Crippen LogP contribution in [-0.2, 0) is 6.54 Å². The predicted molar refractivity (Wildman–Crippen MR) is 91.5 cm³/mol. The molecule has 126 valence electrons. The highest BCUT2D eigenvalue weighted by atomic mass is 35.5. The van der Waals surface area contributed by atoms with Gasteiger partial charge in [-0.3, -0.25) is 9.80 Å². The maximum Gasteiger partial charge on any atom is 0.193 e. The first-order valence-corrected chi connectivity index (χ1v) is 9.78. The molecule has 0 amide bonds. The van der Waals surface area contributed by atoms with Crippen LogP contribution in [0.15, 0.2) is 16.5 Å². The van der Waals surface area contributed by atoms with Crippen molar-refractivity contribution in [2.75, 3.05) is 26.2 Å². The number of halogens is 1. The van der Waals surface area contributed by atoms with Gasteiger partial charge < -0.3 is 4.42 Å². The molecule has 6 rings (SSSR count). The number of hydrogen-bond donors (Lipinski definition) is 0. The van der Waals surface area contributed by atoms with Crippen molar-refractivity contribution in [3.05, 3.63) is 23.1 Å². The minimum Gasteiger partial charge on any atom is -0.448 e. The number of nitrogens with zero attached hydrogens (tertiary/aromatic N) is 2. The van der Waals surface area contributed by atoms with Gasteiger partial charge in [0.2, 0.25) is 0 Å². The molecule has 1 aliphatic heterocycles. The van der Waals surface area contributed by atoms with Gasteiger partial charge in [0.25, 0.3) is 0 Å². The Labute approximate surface area is 143 Å². The van der Waals surface area contributed by atoms with E-state index in [2.05, 4.69) is 9.80 Å². The van der Waals surface area contributed by atoms with E-state index < -0.39 is 0 Å². The standard InChI is InChI=1S/C19H27ClN2O/c20-18-2-1-17(23-18)13-21-3-5-22(6-4-21)19-10-14-7-15(11-19)9-16(8-14)12-19/h1-2,14-16H,3-13H2. The maximum absolute atomic E-state index is 5.88. The monoisotopic (exact) mass is 334 g/mol. The van der Waals surface area contributed by atoms with Gasteiger partial charge in [-0.25, -0.2) is 0 Å². The molecule has 4 aliphatic carbocycles. The fourth-order valence-corrected chi connectivity index (χ4v) is 6.65. The number of hydrogen-bond acceptors (Lipinski definition) is 3. The van der Waals surface area contributed by atoms with Crippen molar-refractivity contribution in [2.24, 2.45) is 17.8 Å². The second-order valence-corrected chi connectivity index (χ2v) is 8.98. The number of rotatable bonds is 3. The van der Waals surface area contributed by atoms with E-state index in [1.165, 1.54) is 64.7 Å². The van der Waals surface area contributed by atoms with E-state index in [4.69, 9.17) is 16.0 Å². The van der Waals surface area contributed by atoms with Crippen LogP contribution in [0.25, 0.3) is 0 Å². The summed E-state index contributed by atoms with van der Waals surface area (Å²) >= 11 is 5.88. The first kappa shape index (κ1) is 14.8. The fraction of sp³-hybridized carbons (Fsp3) is 0.789. The van der Waals surface area contributed by atoms with Gasteiger partial charge in [0.05, 0.1) is 6.54 Å². The molecular weight excluding hydrogens is 308 g/mol. The third-order valence-corrected chi connectivity index (χ3v) is 7.26. The molecule has 1 saturated heterocycles. The lowest BCUT2D eigenvalue weighted by molar-refractivity contribution is -0.102. The van der Waals surface area contributed by atoms with E-state index >= 15 is 0 Å².